The van der Waals surface area contributed by atoms with Crippen molar-refractivity contribution in [2.75, 3.05) is 13.2 Å². The van der Waals surface area contributed by atoms with Crippen LogP contribution in [-0.4, -0.2) is 23.3 Å². The van der Waals surface area contributed by atoms with Crippen LogP contribution in [0.3, 0.4) is 0 Å². The zero-order valence-electron chi connectivity index (χ0n) is 11.6. The molecule has 0 aliphatic carbocycles. The van der Waals surface area contributed by atoms with Gasteiger partial charge in [0.2, 0.25) is 0 Å². The van der Waals surface area contributed by atoms with Crippen molar-refractivity contribution in [3.05, 3.63) is 41.9 Å². The van der Waals surface area contributed by atoms with Gasteiger partial charge in [-0.3, -0.25) is 0 Å². The van der Waals surface area contributed by atoms with Crippen molar-refractivity contribution in [1.82, 2.24) is 4.98 Å². The summed E-state index contributed by atoms with van der Waals surface area (Å²) in [6, 6.07) is 7.74. The van der Waals surface area contributed by atoms with Gasteiger partial charge < -0.3 is 14.3 Å². The van der Waals surface area contributed by atoms with E-state index in [-0.39, 0.29) is 0 Å². The monoisotopic (exact) mass is 273 g/mol. The molecule has 1 aliphatic heterocycles. The first kappa shape index (κ1) is 13.3. The highest BCUT2D eigenvalue weighted by molar-refractivity contribution is 5.56. The van der Waals surface area contributed by atoms with Gasteiger partial charge in [0.25, 0.3) is 0 Å². The van der Waals surface area contributed by atoms with Gasteiger partial charge in [-0.25, -0.2) is 4.98 Å². The first-order chi connectivity index (χ1) is 9.74. The molecule has 2 heterocycles. The largest absolute Gasteiger partial charge is 0.440 e. The van der Waals surface area contributed by atoms with Crippen LogP contribution in [0.4, 0.5) is 0 Å². The lowest BCUT2D eigenvalue weighted by Crippen LogP contribution is -2.14. The Bertz CT molecular complexity index is 553. The van der Waals surface area contributed by atoms with Gasteiger partial charge in [-0.15, -0.1) is 0 Å². The fourth-order valence-corrected chi connectivity index (χ4v) is 2.48. The maximum absolute atomic E-state index is 9.51. The van der Waals surface area contributed by atoms with E-state index in [0.29, 0.717) is 5.92 Å². The molecule has 1 fully saturated rings. The van der Waals surface area contributed by atoms with Gasteiger partial charge in [-0.1, -0.05) is 24.3 Å². The van der Waals surface area contributed by atoms with Crippen LogP contribution in [0.2, 0.25) is 0 Å². The van der Waals surface area contributed by atoms with E-state index in [4.69, 9.17) is 9.15 Å². The second kappa shape index (κ2) is 5.77. The number of aliphatic hydroxyl groups is 1. The van der Waals surface area contributed by atoms with Crippen LogP contribution >= 0.6 is 0 Å². The number of aromatic nitrogens is 1. The molecule has 0 radical (unpaired) electrons. The lowest BCUT2D eigenvalue weighted by molar-refractivity contribution is 0.0796. The van der Waals surface area contributed by atoms with Crippen molar-refractivity contribution >= 4 is 0 Å². The summed E-state index contributed by atoms with van der Waals surface area (Å²) in [4.78, 5) is 4.40. The predicted molar refractivity (Wildman–Crippen MR) is 75.4 cm³/mol. The molecule has 0 saturated carbocycles. The quantitative estimate of drug-likeness (QED) is 0.932. The number of hydrogen-bond acceptors (Lipinski definition) is 4. The van der Waals surface area contributed by atoms with Gasteiger partial charge >= 0.3 is 0 Å². The molecule has 1 saturated heterocycles. The van der Waals surface area contributed by atoms with Crippen LogP contribution in [-0.2, 0) is 4.74 Å². The summed E-state index contributed by atoms with van der Waals surface area (Å²) in [6.45, 7) is 3.32. The van der Waals surface area contributed by atoms with Crippen molar-refractivity contribution in [2.24, 2.45) is 0 Å². The molecule has 1 aliphatic rings. The number of ether oxygens (including phenoxy) is 1. The Balaban J connectivity index is 1.78. The molecular weight excluding hydrogens is 254 g/mol. The molecule has 1 aromatic carbocycles. The fraction of sp³-hybridized carbons (Fsp3) is 0.438. The Hall–Kier alpha value is -1.65. The van der Waals surface area contributed by atoms with E-state index < -0.39 is 6.10 Å². The Labute approximate surface area is 118 Å². The number of aliphatic hydroxyl groups excluding tert-OH is 1. The summed E-state index contributed by atoms with van der Waals surface area (Å²) in [5, 5.41) is 9.51. The molecule has 1 unspecified atom stereocenters. The van der Waals surface area contributed by atoms with Gasteiger partial charge in [0.1, 0.15) is 0 Å². The van der Waals surface area contributed by atoms with Crippen LogP contribution in [0.25, 0.3) is 11.3 Å². The summed E-state index contributed by atoms with van der Waals surface area (Å²) in [5.41, 5.74) is 1.89. The average molecular weight is 273 g/mol. The first-order valence-electron chi connectivity index (χ1n) is 7.06. The Morgan fingerprint density at radius 2 is 1.90 bits per heavy atom. The van der Waals surface area contributed by atoms with Crippen LogP contribution in [0.15, 0.2) is 34.9 Å². The standard InChI is InChI=1S/C16H19NO3/c1-11(18)12-2-4-13(5-3-12)15-10-17-16(20-15)14-6-8-19-9-7-14/h2-5,10-11,14,18H,6-9H2,1H3. The molecule has 1 aromatic heterocycles. The topological polar surface area (TPSA) is 55.5 Å². The Morgan fingerprint density at radius 1 is 1.20 bits per heavy atom. The summed E-state index contributed by atoms with van der Waals surface area (Å²) < 4.78 is 11.2. The highest BCUT2D eigenvalue weighted by Crippen LogP contribution is 2.30. The highest BCUT2D eigenvalue weighted by atomic mass is 16.5. The lowest BCUT2D eigenvalue weighted by atomic mass is 10.0. The number of nitrogens with zero attached hydrogens (tertiary/aromatic N) is 1. The molecule has 2 aromatic rings. The van der Waals surface area contributed by atoms with Gasteiger partial charge in [-0.2, -0.15) is 0 Å². The zero-order chi connectivity index (χ0) is 13.9. The molecule has 20 heavy (non-hydrogen) atoms. The van der Waals surface area contributed by atoms with Crippen molar-refractivity contribution in [1.29, 1.82) is 0 Å². The van der Waals surface area contributed by atoms with E-state index >= 15 is 0 Å². The van der Waals surface area contributed by atoms with Crippen LogP contribution in [0.5, 0.6) is 0 Å². The third-order valence-electron chi connectivity index (χ3n) is 3.77. The van der Waals surface area contributed by atoms with E-state index in [9.17, 15) is 5.11 Å². The van der Waals surface area contributed by atoms with Crippen LogP contribution < -0.4 is 0 Å². The van der Waals surface area contributed by atoms with Crippen LogP contribution in [0.1, 0.15) is 43.2 Å². The molecule has 3 rings (SSSR count). The van der Waals surface area contributed by atoms with Crippen molar-refractivity contribution < 1.29 is 14.3 Å². The summed E-state index contributed by atoms with van der Waals surface area (Å²) in [5.74, 6) is 1.96. The molecule has 4 nitrogen and oxygen atoms in total. The third-order valence-corrected chi connectivity index (χ3v) is 3.77. The van der Waals surface area contributed by atoms with Crippen molar-refractivity contribution in [3.8, 4) is 11.3 Å². The van der Waals surface area contributed by atoms with Crippen molar-refractivity contribution in [2.45, 2.75) is 31.8 Å². The second-order valence-corrected chi connectivity index (χ2v) is 5.25. The van der Waals surface area contributed by atoms with E-state index in [1.54, 1.807) is 13.1 Å². The predicted octanol–water partition coefficient (Wildman–Crippen LogP) is 3.29. The van der Waals surface area contributed by atoms with E-state index in [0.717, 1.165) is 48.8 Å². The lowest BCUT2D eigenvalue weighted by Gasteiger charge is -2.18. The molecule has 0 spiro atoms. The average Bonchev–Trinajstić information content (AvgIpc) is 2.98. The summed E-state index contributed by atoms with van der Waals surface area (Å²) >= 11 is 0. The molecule has 1 N–H and O–H groups in total. The summed E-state index contributed by atoms with van der Waals surface area (Å²) in [7, 11) is 0. The minimum atomic E-state index is -0.448. The van der Waals surface area contributed by atoms with Crippen molar-refractivity contribution in [3.63, 3.8) is 0 Å². The minimum Gasteiger partial charge on any atom is -0.440 e. The summed E-state index contributed by atoms with van der Waals surface area (Å²) in [6.07, 6.45) is 3.28. The first-order valence-corrected chi connectivity index (χ1v) is 7.06. The maximum atomic E-state index is 9.51. The van der Waals surface area contributed by atoms with Gasteiger partial charge in [0.15, 0.2) is 11.7 Å². The zero-order valence-corrected chi connectivity index (χ0v) is 11.6. The van der Waals surface area contributed by atoms with E-state index in [1.165, 1.54) is 0 Å². The molecule has 1 atom stereocenters. The molecule has 106 valence electrons. The van der Waals surface area contributed by atoms with Gasteiger partial charge in [0, 0.05) is 24.7 Å². The minimum absolute atomic E-state index is 0.370. The van der Waals surface area contributed by atoms with Gasteiger partial charge in [-0.05, 0) is 25.3 Å². The van der Waals surface area contributed by atoms with E-state index in [1.807, 2.05) is 24.3 Å². The Kier molecular flexibility index (Phi) is 3.85. The van der Waals surface area contributed by atoms with Crippen LogP contribution in [0, 0.1) is 0 Å². The number of oxazole rings is 1. The Morgan fingerprint density at radius 3 is 2.55 bits per heavy atom. The molecular formula is C16H19NO3. The number of hydrogen-bond donors (Lipinski definition) is 1. The molecule has 0 amide bonds. The third kappa shape index (κ3) is 2.76. The second-order valence-electron chi connectivity index (χ2n) is 5.25. The normalized spacial score (nSPS) is 18.1. The maximum Gasteiger partial charge on any atom is 0.198 e. The molecule has 4 heteroatoms. The smallest absolute Gasteiger partial charge is 0.198 e. The number of benzene rings is 1. The van der Waals surface area contributed by atoms with E-state index in [2.05, 4.69) is 4.98 Å². The fourth-order valence-electron chi connectivity index (χ4n) is 2.48. The highest BCUT2D eigenvalue weighted by Gasteiger charge is 2.21. The van der Waals surface area contributed by atoms with Gasteiger partial charge in [0.05, 0.1) is 12.3 Å². The number of rotatable bonds is 3. The molecule has 0 bridgehead atoms. The SMILES string of the molecule is CC(O)c1ccc(-c2cnc(C3CCOCC3)o2)cc1.